The molecule has 0 saturated heterocycles. The van der Waals surface area contributed by atoms with Crippen LogP contribution in [0.3, 0.4) is 0 Å². The lowest BCUT2D eigenvalue weighted by Gasteiger charge is -2.31. The molecule has 0 aromatic heterocycles. The molecule has 0 fully saturated rings. The fraction of sp³-hybridized carbons (Fsp3) is 0.538. The van der Waals surface area contributed by atoms with Gasteiger partial charge in [-0.2, -0.15) is 12.7 Å². The fourth-order valence-electron chi connectivity index (χ4n) is 2.38. The first-order valence-electron chi connectivity index (χ1n) is 6.41. The van der Waals surface area contributed by atoms with Gasteiger partial charge in [0.2, 0.25) is 0 Å². The van der Waals surface area contributed by atoms with Crippen molar-refractivity contribution in [3.05, 3.63) is 23.8 Å². The van der Waals surface area contributed by atoms with E-state index in [0.29, 0.717) is 12.1 Å². The van der Waals surface area contributed by atoms with Crippen LogP contribution in [0.2, 0.25) is 0 Å². The Hall–Kier alpha value is -1.27. The van der Waals surface area contributed by atoms with Gasteiger partial charge in [-0.05, 0) is 51.0 Å². The van der Waals surface area contributed by atoms with Gasteiger partial charge in [-0.3, -0.25) is 4.31 Å². The molecule has 1 aliphatic rings. The van der Waals surface area contributed by atoms with Crippen LogP contribution in [0.15, 0.2) is 18.2 Å². The molecule has 1 aliphatic heterocycles. The third kappa shape index (κ3) is 2.30. The quantitative estimate of drug-likeness (QED) is 0.857. The summed E-state index contributed by atoms with van der Waals surface area (Å²) in [5.74, 6) is 0. The largest absolute Gasteiger partial charge is 0.399 e. The maximum absolute atomic E-state index is 12.7. The Morgan fingerprint density at radius 3 is 2.63 bits per heavy atom. The van der Waals surface area contributed by atoms with E-state index in [0.717, 1.165) is 11.3 Å². The second kappa shape index (κ2) is 4.68. The smallest absolute Gasteiger partial charge is 0.304 e. The summed E-state index contributed by atoms with van der Waals surface area (Å²) in [5.41, 5.74) is 8.17. The zero-order valence-corrected chi connectivity index (χ0v) is 12.6. The van der Waals surface area contributed by atoms with Crippen molar-refractivity contribution in [2.24, 2.45) is 0 Å². The molecule has 0 bridgehead atoms. The minimum atomic E-state index is -3.49. The zero-order valence-electron chi connectivity index (χ0n) is 11.8. The van der Waals surface area contributed by atoms with Gasteiger partial charge in [-0.15, -0.1) is 0 Å². The number of fused-ring (bicyclic) bond motifs is 1. The number of hydrogen-bond acceptors (Lipinski definition) is 3. The topological polar surface area (TPSA) is 66.6 Å². The van der Waals surface area contributed by atoms with E-state index in [1.807, 2.05) is 26.8 Å². The van der Waals surface area contributed by atoms with Crippen LogP contribution < -0.4 is 10.0 Å². The van der Waals surface area contributed by atoms with Gasteiger partial charge in [0.05, 0.1) is 5.69 Å². The van der Waals surface area contributed by atoms with Crippen molar-refractivity contribution in [2.45, 2.75) is 39.3 Å². The molecule has 0 saturated carbocycles. The van der Waals surface area contributed by atoms with Crippen molar-refractivity contribution in [1.82, 2.24) is 4.31 Å². The van der Waals surface area contributed by atoms with Crippen LogP contribution >= 0.6 is 0 Å². The lowest BCUT2D eigenvalue weighted by atomic mass is 10.1. The summed E-state index contributed by atoms with van der Waals surface area (Å²) in [5, 5.41) is 0. The number of rotatable bonds is 3. The first kappa shape index (κ1) is 14.1. The average molecular weight is 283 g/mol. The van der Waals surface area contributed by atoms with E-state index in [-0.39, 0.29) is 12.1 Å². The average Bonchev–Trinajstić information content (AvgIpc) is 2.63. The van der Waals surface area contributed by atoms with Crippen LogP contribution in [0.25, 0.3) is 0 Å². The molecule has 0 spiro atoms. The zero-order chi connectivity index (χ0) is 14.4. The molecule has 5 nitrogen and oxygen atoms in total. The van der Waals surface area contributed by atoms with Crippen LogP contribution in [0.4, 0.5) is 11.4 Å². The second-order valence-corrected chi connectivity index (χ2v) is 7.22. The molecule has 2 N–H and O–H groups in total. The highest BCUT2D eigenvalue weighted by Crippen LogP contribution is 2.36. The summed E-state index contributed by atoms with van der Waals surface area (Å²) < 4.78 is 28.2. The van der Waals surface area contributed by atoms with Crippen LogP contribution in [-0.2, 0) is 16.6 Å². The van der Waals surface area contributed by atoms with E-state index in [1.54, 1.807) is 19.2 Å². The summed E-state index contributed by atoms with van der Waals surface area (Å²) in [6, 6.07) is 5.24. The predicted molar refractivity (Wildman–Crippen MR) is 78.3 cm³/mol. The molecule has 1 aromatic carbocycles. The lowest BCUT2D eigenvalue weighted by molar-refractivity contribution is 0.406. The number of nitrogen functional groups attached to an aromatic ring is 1. The Bertz CT molecular complexity index is 584. The minimum absolute atomic E-state index is 0.0740. The van der Waals surface area contributed by atoms with E-state index >= 15 is 0 Å². The van der Waals surface area contributed by atoms with E-state index in [1.165, 1.54) is 8.61 Å². The molecule has 106 valence electrons. The number of hydrogen-bond donors (Lipinski definition) is 1. The third-order valence-electron chi connectivity index (χ3n) is 3.60. The highest BCUT2D eigenvalue weighted by atomic mass is 32.2. The summed E-state index contributed by atoms with van der Waals surface area (Å²) in [7, 11) is -1.87. The Morgan fingerprint density at radius 1 is 1.42 bits per heavy atom. The third-order valence-corrected chi connectivity index (χ3v) is 5.80. The number of benzene rings is 1. The Morgan fingerprint density at radius 2 is 2.05 bits per heavy atom. The molecule has 0 aliphatic carbocycles. The van der Waals surface area contributed by atoms with Crippen LogP contribution in [-0.4, -0.2) is 31.9 Å². The highest BCUT2D eigenvalue weighted by Gasteiger charge is 2.38. The summed E-state index contributed by atoms with van der Waals surface area (Å²) in [6.45, 7) is 5.65. The molecule has 1 atom stereocenters. The van der Waals surface area contributed by atoms with Crippen molar-refractivity contribution in [1.29, 1.82) is 0 Å². The highest BCUT2D eigenvalue weighted by molar-refractivity contribution is 7.90. The van der Waals surface area contributed by atoms with Gasteiger partial charge < -0.3 is 5.73 Å². The van der Waals surface area contributed by atoms with Crippen molar-refractivity contribution < 1.29 is 8.42 Å². The Labute approximate surface area is 115 Å². The molecule has 2 rings (SSSR count). The van der Waals surface area contributed by atoms with E-state index in [9.17, 15) is 8.42 Å². The summed E-state index contributed by atoms with van der Waals surface area (Å²) in [6.07, 6.45) is 0.700. The minimum Gasteiger partial charge on any atom is -0.399 e. The molecular formula is C13H21N3O2S. The number of nitrogens with two attached hydrogens (primary N) is 1. The van der Waals surface area contributed by atoms with Crippen molar-refractivity contribution in [2.75, 3.05) is 17.1 Å². The van der Waals surface area contributed by atoms with Gasteiger partial charge in [0.15, 0.2) is 0 Å². The summed E-state index contributed by atoms with van der Waals surface area (Å²) in [4.78, 5) is 0. The number of anilines is 2. The monoisotopic (exact) mass is 283 g/mol. The molecule has 6 heteroatoms. The maximum atomic E-state index is 12.7. The number of nitrogens with zero attached hydrogens (tertiary/aromatic N) is 2. The van der Waals surface area contributed by atoms with Gasteiger partial charge >= 0.3 is 10.2 Å². The summed E-state index contributed by atoms with van der Waals surface area (Å²) >= 11 is 0. The van der Waals surface area contributed by atoms with E-state index in [4.69, 9.17) is 5.73 Å². The van der Waals surface area contributed by atoms with Crippen LogP contribution in [0.1, 0.15) is 26.3 Å². The van der Waals surface area contributed by atoms with Gasteiger partial charge in [-0.1, -0.05) is 0 Å². The molecule has 1 heterocycles. The Kier molecular flexibility index (Phi) is 3.49. The first-order valence-corrected chi connectivity index (χ1v) is 7.80. The van der Waals surface area contributed by atoms with E-state index < -0.39 is 10.2 Å². The van der Waals surface area contributed by atoms with Crippen molar-refractivity contribution in [3.63, 3.8) is 0 Å². The molecule has 1 aromatic rings. The van der Waals surface area contributed by atoms with Crippen molar-refractivity contribution >= 4 is 21.6 Å². The van der Waals surface area contributed by atoms with E-state index in [2.05, 4.69) is 0 Å². The maximum Gasteiger partial charge on any atom is 0.304 e. The lowest BCUT2D eigenvalue weighted by Crippen LogP contribution is -2.47. The standard InChI is InChI=1S/C13H21N3O2S/c1-9(2)15(4)19(17,18)16-10(3)7-11-8-12(14)5-6-13(11)16/h5-6,8-10H,7,14H2,1-4H3. The predicted octanol–water partition coefficient (Wildman–Crippen LogP) is 1.60. The van der Waals surface area contributed by atoms with Crippen LogP contribution in [0, 0.1) is 0 Å². The first-order chi connectivity index (χ1) is 8.75. The fourth-order valence-corrected chi connectivity index (χ4v) is 4.15. The Balaban J connectivity index is 2.48. The van der Waals surface area contributed by atoms with Gasteiger partial charge in [0.25, 0.3) is 0 Å². The molecule has 19 heavy (non-hydrogen) atoms. The second-order valence-electron chi connectivity index (χ2n) is 5.35. The molecule has 0 radical (unpaired) electrons. The molecule has 0 amide bonds. The van der Waals surface area contributed by atoms with Gasteiger partial charge in [-0.25, -0.2) is 0 Å². The molecular weight excluding hydrogens is 262 g/mol. The molecule has 1 unspecified atom stereocenters. The SMILES string of the molecule is CC(C)N(C)S(=O)(=O)N1c2ccc(N)cc2CC1C. The van der Waals surface area contributed by atoms with Gasteiger partial charge in [0, 0.05) is 24.8 Å². The van der Waals surface area contributed by atoms with Crippen LogP contribution in [0.5, 0.6) is 0 Å². The normalized spacial score (nSPS) is 19.3. The van der Waals surface area contributed by atoms with Crippen molar-refractivity contribution in [3.8, 4) is 0 Å². The van der Waals surface area contributed by atoms with Gasteiger partial charge in [0.1, 0.15) is 0 Å².